The summed E-state index contributed by atoms with van der Waals surface area (Å²) in [7, 11) is 0. The largest absolute Gasteiger partial charge is 0.390 e. The highest BCUT2D eigenvalue weighted by molar-refractivity contribution is 6.29. The van der Waals surface area contributed by atoms with E-state index in [1.54, 1.807) is 13.0 Å². The van der Waals surface area contributed by atoms with Crippen molar-refractivity contribution in [1.82, 2.24) is 0 Å². The van der Waals surface area contributed by atoms with Gasteiger partial charge in [-0.1, -0.05) is 25.5 Å². The molecule has 28 heavy (non-hydrogen) atoms. The van der Waals surface area contributed by atoms with Gasteiger partial charge in [-0.3, -0.25) is 9.59 Å². The minimum atomic E-state index is -1.95. The van der Waals surface area contributed by atoms with Crippen LogP contribution in [-0.2, 0) is 9.59 Å². The molecule has 0 saturated heterocycles. The van der Waals surface area contributed by atoms with Crippen molar-refractivity contribution in [3.8, 4) is 0 Å². The highest BCUT2D eigenvalue weighted by atomic mass is 35.5. The number of carbonyl (C=O) groups excluding carboxylic acids is 2. The van der Waals surface area contributed by atoms with Crippen LogP contribution >= 0.6 is 11.6 Å². The summed E-state index contributed by atoms with van der Waals surface area (Å²) < 4.78 is 16.9. The van der Waals surface area contributed by atoms with E-state index >= 15 is 4.39 Å². The highest BCUT2D eigenvalue weighted by Crippen LogP contribution is 2.70. The van der Waals surface area contributed by atoms with Gasteiger partial charge < -0.3 is 10.2 Å². The van der Waals surface area contributed by atoms with Gasteiger partial charge in [0.15, 0.2) is 17.2 Å². The summed E-state index contributed by atoms with van der Waals surface area (Å²) in [6, 6.07) is 0. The maximum atomic E-state index is 16.9. The quantitative estimate of drug-likeness (QED) is 0.686. The van der Waals surface area contributed by atoms with Crippen molar-refractivity contribution < 1.29 is 24.2 Å². The number of ketones is 2. The highest BCUT2D eigenvalue weighted by Gasteiger charge is 2.75. The van der Waals surface area contributed by atoms with E-state index in [4.69, 9.17) is 11.6 Å². The molecule has 0 bridgehead atoms. The van der Waals surface area contributed by atoms with Crippen LogP contribution in [0.15, 0.2) is 23.8 Å². The van der Waals surface area contributed by atoms with Crippen LogP contribution in [0.4, 0.5) is 4.39 Å². The van der Waals surface area contributed by atoms with Gasteiger partial charge in [-0.2, -0.15) is 0 Å². The number of aliphatic hydroxyl groups excluding tert-OH is 1. The molecule has 0 unspecified atom stereocenters. The van der Waals surface area contributed by atoms with Crippen LogP contribution in [0.2, 0.25) is 0 Å². The lowest BCUT2D eigenvalue weighted by Gasteiger charge is -2.62. The second-order valence-electron chi connectivity index (χ2n) is 9.72. The minimum Gasteiger partial charge on any atom is -0.390 e. The average molecular weight is 411 g/mol. The minimum absolute atomic E-state index is 0.0151. The Morgan fingerprint density at radius 1 is 1.36 bits per heavy atom. The Kier molecular flexibility index (Phi) is 4.33. The smallest absolute Gasteiger partial charge is 0.179 e. The van der Waals surface area contributed by atoms with Crippen LogP contribution in [0.3, 0.4) is 0 Å². The van der Waals surface area contributed by atoms with E-state index in [0.717, 1.165) is 5.57 Å². The van der Waals surface area contributed by atoms with Gasteiger partial charge >= 0.3 is 0 Å². The number of fused-ring (bicyclic) bond motifs is 5. The number of aliphatic hydroxyl groups is 2. The monoisotopic (exact) mass is 410 g/mol. The molecule has 4 aliphatic rings. The van der Waals surface area contributed by atoms with Crippen LogP contribution in [-0.4, -0.2) is 45.0 Å². The van der Waals surface area contributed by atoms with Crippen LogP contribution in [0.5, 0.6) is 0 Å². The third kappa shape index (κ3) is 2.08. The summed E-state index contributed by atoms with van der Waals surface area (Å²) in [5.41, 5.74) is -4.90. The first-order chi connectivity index (χ1) is 13.0. The fourth-order valence-corrected chi connectivity index (χ4v) is 7.45. The molecular weight excluding hydrogens is 383 g/mol. The molecule has 8 atom stereocenters. The normalized spacial score (nSPS) is 52.5. The second kappa shape index (κ2) is 5.99. The van der Waals surface area contributed by atoms with Crippen LogP contribution in [0, 0.1) is 28.6 Å². The Morgan fingerprint density at radius 2 is 2.04 bits per heavy atom. The Bertz CT molecular complexity index is 808. The van der Waals surface area contributed by atoms with Gasteiger partial charge in [0.2, 0.25) is 0 Å². The molecule has 4 nitrogen and oxygen atoms in total. The molecule has 0 aromatic rings. The van der Waals surface area contributed by atoms with Gasteiger partial charge in [-0.05, 0) is 56.6 Å². The maximum absolute atomic E-state index is 16.9. The number of rotatable bonds is 2. The van der Waals surface area contributed by atoms with Gasteiger partial charge in [-0.25, -0.2) is 4.39 Å². The molecule has 0 heterocycles. The first kappa shape index (κ1) is 20.2. The van der Waals surface area contributed by atoms with Crippen molar-refractivity contribution in [3.63, 3.8) is 0 Å². The third-order valence-electron chi connectivity index (χ3n) is 8.77. The third-order valence-corrected chi connectivity index (χ3v) is 9.01. The molecule has 0 aromatic carbocycles. The lowest BCUT2D eigenvalue weighted by atomic mass is 9.44. The van der Waals surface area contributed by atoms with Gasteiger partial charge in [0.25, 0.3) is 0 Å². The molecule has 3 saturated carbocycles. The molecule has 0 amide bonds. The number of halogens is 2. The number of Topliss-reactive ketones (excluding diaryl/α,β-unsaturated/α-hetero) is 1. The molecule has 0 aromatic heterocycles. The van der Waals surface area contributed by atoms with E-state index in [9.17, 15) is 19.8 Å². The molecule has 4 rings (SSSR count). The lowest BCUT2D eigenvalue weighted by molar-refractivity contribution is -0.218. The van der Waals surface area contributed by atoms with Crippen molar-refractivity contribution in [2.24, 2.45) is 28.6 Å². The summed E-state index contributed by atoms with van der Waals surface area (Å²) in [6.07, 6.45) is 4.69. The first-order valence-corrected chi connectivity index (χ1v) is 10.6. The summed E-state index contributed by atoms with van der Waals surface area (Å²) >= 11 is 5.81. The number of alkyl halides is 2. The van der Waals surface area contributed by atoms with E-state index in [1.807, 2.05) is 13.8 Å². The fraction of sp³-hybridized carbons (Fsp3) is 0.727. The molecule has 2 N–H and O–H groups in total. The summed E-state index contributed by atoms with van der Waals surface area (Å²) in [4.78, 5) is 24.5. The average Bonchev–Trinajstić information content (AvgIpc) is 2.84. The topological polar surface area (TPSA) is 74.6 Å². The number of carbonyl (C=O) groups is 2. The predicted molar refractivity (Wildman–Crippen MR) is 104 cm³/mol. The Labute approximate surface area is 169 Å². The van der Waals surface area contributed by atoms with E-state index in [1.165, 1.54) is 12.2 Å². The molecule has 0 aliphatic heterocycles. The lowest BCUT2D eigenvalue weighted by Crippen LogP contribution is -2.69. The van der Waals surface area contributed by atoms with Gasteiger partial charge in [-0.15, -0.1) is 11.6 Å². The summed E-state index contributed by atoms with van der Waals surface area (Å²) in [6.45, 7) is 5.38. The Hall–Kier alpha value is -1.04. The van der Waals surface area contributed by atoms with Crippen LogP contribution in [0.25, 0.3) is 0 Å². The fourth-order valence-electron chi connectivity index (χ4n) is 7.24. The molecule has 0 radical (unpaired) electrons. The number of hydrogen-bond donors (Lipinski definition) is 2. The number of allylic oxidation sites excluding steroid dienone is 4. The molecule has 154 valence electrons. The molecule has 0 spiro atoms. The van der Waals surface area contributed by atoms with Crippen molar-refractivity contribution >= 4 is 23.2 Å². The second-order valence-corrected chi connectivity index (χ2v) is 9.99. The maximum Gasteiger partial charge on any atom is 0.179 e. The van der Waals surface area contributed by atoms with Crippen LogP contribution < -0.4 is 0 Å². The molecule has 6 heteroatoms. The zero-order valence-electron chi connectivity index (χ0n) is 16.5. The van der Waals surface area contributed by atoms with Crippen molar-refractivity contribution in [1.29, 1.82) is 0 Å². The van der Waals surface area contributed by atoms with Gasteiger partial charge in [0, 0.05) is 16.7 Å². The standard InChI is InChI=1S/C22H28ClFO4/c1-12-8-16-15-5-4-13-9-14(25)6-7-19(13,2)21(15,24)17(26)10-20(16,3)22(12,28)18(27)11-23/h6-7,9,12,15-17,26,28H,4-5,8,10-11H2,1-3H3/t12-,15-,16-,17-,19-,20-,21-,22+/m0/s1. The number of hydrogen-bond acceptors (Lipinski definition) is 4. The van der Waals surface area contributed by atoms with E-state index < -0.39 is 39.9 Å². The zero-order valence-corrected chi connectivity index (χ0v) is 17.3. The Balaban J connectivity index is 1.84. The summed E-state index contributed by atoms with van der Waals surface area (Å²) in [5.74, 6) is -2.03. The van der Waals surface area contributed by atoms with Crippen molar-refractivity contribution in [2.75, 3.05) is 5.88 Å². The first-order valence-electron chi connectivity index (χ1n) is 10.1. The molecule has 3 fully saturated rings. The van der Waals surface area contributed by atoms with Crippen molar-refractivity contribution in [2.45, 2.75) is 63.8 Å². The van der Waals surface area contributed by atoms with E-state index in [0.29, 0.717) is 19.3 Å². The van der Waals surface area contributed by atoms with E-state index in [-0.39, 0.29) is 29.9 Å². The van der Waals surface area contributed by atoms with Crippen LogP contribution in [0.1, 0.15) is 46.5 Å². The Morgan fingerprint density at radius 3 is 2.68 bits per heavy atom. The van der Waals surface area contributed by atoms with E-state index in [2.05, 4.69) is 0 Å². The molecular formula is C22H28ClFO4. The SMILES string of the molecule is C[C@H]1C[C@H]2[C@@H]3CCC4=CC(=O)C=C[C@]4(C)[C@@]3(F)[C@@H](O)C[C@]2(C)[C@]1(O)C(=O)CCl. The van der Waals surface area contributed by atoms with Gasteiger partial charge in [0.1, 0.15) is 5.60 Å². The summed E-state index contributed by atoms with van der Waals surface area (Å²) in [5, 5.41) is 22.6. The van der Waals surface area contributed by atoms with Gasteiger partial charge in [0.05, 0.1) is 12.0 Å². The molecule has 4 aliphatic carbocycles. The predicted octanol–water partition coefficient (Wildman–Crippen LogP) is 3.14. The zero-order chi connectivity index (χ0) is 20.7. The van der Waals surface area contributed by atoms with Crippen molar-refractivity contribution in [3.05, 3.63) is 23.8 Å².